The molecule has 0 radical (unpaired) electrons. The van der Waals surface area contributed by atoms with Crippen LogP contribution in [0.15, 0.2) is 27.8 Å². The number of nitrogens with one attached hydrogen (secondary N) is 1. The maximum absolute atomic E-state index is 12.5. The monoisotopic (exact) mass is 421 g/mol. The highest BCUT2D eigenvalue weighted by Crippen LogP contribution is 2.28. The number of hydrogen-bond acceptors (Lipinski definition) is 7. The lowest BCUT2D eigenvalue weighted by Crippen LogP contribution is -2.22. The van der Waals surface area contributed by atoms with Crippen molar-refractivity contribution in [3.8, 4) is 0 Å². The summed E-state index contributed by atoms with van der Waals surface area (Å²) in [4.78, 5) is 12.5. The number of aromatic nitrogens is 2. The van der Waals surface area contributed by atoms with E-state index in [1.54, 1.807) is 6.92 Å². The lowest BCUT2D eigenvalue weighted by Gasteiger charge is -2.11. The zero-order valence-electron chi connectivity index (χ0n) is 15.7. The molecular weight excluding hydrogens is 398 g/mol. The Bertz CT molecular complexity index is 987. The van der Waals surface area contributed by atoms with Crippen molar-refractivity contribution in [3.63, 3.8) is 0 Å². The smallest absolute Gasteiger partial charge is 0.277 e. The first kappa shape index (κ1) is 19.4. The van der Waals surface area contributed by atoms with Crippen LogP contribution in [0.4, 0.5) is 5.69 Å². The van der Waals surface area contributed by atoms with Gasteiger partial charge in [0.25, 0.3) is 5.22 Å². The van der Waals surface area contributed by atoms with Gasteiger partial charge in [-0.05, 0) is 61.8 Å². The number of carbonyl (C=O) groups is 1. The normalized spacial score (nSPS) is 21.4. The molecule has 2 atom stereocenters. The molecule has 2 heterocycles. The highest BCUT2D eigenvalue weighted by molar-refractivity contribution is 8.00. The Morgan fingerprint density at radius 2 is 2.14 bits per heavy atom. The Morgan fingerprint density at radius 3 is 2.93 bits per heavy atom. The molecule has 28 heavy (non-hydrogen) atoms. The molecule has 1 saturated heterocycles. The number of fused-ring (bicyclic) bond motifs is 1. The molecule has 0 unspecified atom stereocenters. The molecule has 0 bridgehead atoms. The minimum Gasteiger partial charge on any atom is -0.416 e. The van der Waals surface area contributed by atoms with Crippen LogP contribution < -0.4 is 5.32 Å². The predicted octanol–water partition coefficient (Wildman–Crippen LogP) is 2.65. The van der Waals surface area contributed by atoms with Gasteiger partial charge in [0.05, 0.1) is 16.8 Å². The maximum Gasteiger partial charge on any atom is 0.277 e. The van der Waals surface area contributed by atoms with Gasteiger partial charge in [-0.2, -0.15) is 0 Å². The van der Waals surface area contributed by atoms with Gasteiger partial charge in [0, 0.05) is 12.1 Å². The molecule has 2 aliphatic rings. The van der Waals surface area contributed by atoms with E-state index >= 15 is 0 Å². The number of benzene rings is 1. The highest BCUT2D eigenvalue weighted by atomic mass is 32.2. The summed E-state index contributed by atoms with van der Waals surface area (Å²) in [5.41, 5.74) is 3.49. The lowest BCUT2D eigenvalue weighted by molar-refractivity contribution is -0.115. The number of carbonyl (C=O) groups excluding carboxylic acids is 1. The molecule has 9 heteroatoms. The number of thioether (sulfide) groups is 1. The summed E-state index contributed by atoms with van der Waals surface area (Å²) in [5, 5.41) is 10.9. The number of anilines is 1. The summed E-state index contributed by atoms with van der Waals surface area (Å²) in [6.07, 6.45) is 4.44. The van der Waals surface area contributed by atoms with E-state index in [1.165, 1.54) is 29.3 Å². The van der Waals surface area contributed by atoms with Crippen LogP contribution in [-0.4, -0.2) is 41.3 Å². The first-order valence-corrected chi connectivity index (χ1v) is 12.2. The Hall–Kier alpha value is -1.87. The fourth-order valence-electron chi connectivity index (χ4n) is 3.75. The van der Waals surface area contributed by atoms with E-state index in [4.69, 9.17) is 4.42 Å². The third kappa shape index (κ3) is 4.57. The van der Waals surface area contributed by atoms with Gasteiger partial charge in [-0.1, -0.05) is 17.8 Å². The number of sulfone groups is 1. The van der Waals surface area contributed by atoms with Crippen LogP contribution >= 0.6 is 11.8 Å². The molecule has 1 aromatic heterocycles. The minimum absolute atomic E-state index is 0.0313. The van der Waals surface area contributed by atoms with Crippen molar-refractivity contribution < 1.29 is 17.6 Å². The van der Waals surface area contributed by atoms with Crippen LogP contribution in [0.3, 0.4) is 0 Å². The second-order valence-corrected chi connectivity index (χ2v) is 11.0. The molecule has 1 aliphatic heterocycles. The molecule has 150 valence electrons. The average Bonchev–Trinajstić information content (AvgIpc) is 3.35. The molecule has 1 fully saturated rings. The van der Waals surface area contributed by atoms with Crippen molar-refractivity contribution in [2.45, 2.75) is 49.5 Å². The number of aryl methyl sites for hydroxylation is 2. The maximum atomic E-state index is 12.5. The van der Waals surface area contributed by atoms with E-state index in [0.717, 1.165) is 18.5 Å². The molecule has 1 aliphatic carbocycles. The van der Waals surface area contributed by atoms with Crippen molar-refractivity contribution in [2.75, 3.05) is 16.8 Å². The molecule has 1 aromatic carbocycles. The van der Waals surface area contributed by atoms with Crippen LogP contribution in [0, 0.1) is 5.92 Å². The van der Waals surface area contributed by atoms with Gasteiger partial charge in [-0.25, -0.2) is 8.42 Å². The van der Waals surface area contributed by atoms with Crippen molar-refractivity contribution in [3.05, 3.63) is 35.2 Å². The molecule has 1 N–H and O–H groups in total. The highest BCUT2D eigenvalue weighted by Gasteiger charge is 2.29. The molecule has 4 rings (SSSR count). The van der Waals surface area contributed by atoms with Gasteiger partial charge < -0.3 is 9.73 Å². The van der Waals surface area contributed by atoms with Crippen LogP contribution in [0.25, 0.3) is 0 Å². The number of hydrogen-bond donors (Lipinski definition) is 1. The Kier molecular flexibility index (Phi) is 5.46. The number of rotatable bonds is 6. The fraction of sp³-hybridized carbons (Fsp3) is 0.526. The van der Waals surface area contributed by atoms with Gasteiger partial charge in [0.2, 0.25) is 11.8 Å². The van der Waals surface area contributed by atoms with E-state index in [-0.39, 0.29) is 23.3 Å². The molecule has 1 amide bonds. The van der Waals surface area contributed by atoms with E-state index in [0.29, 0.717) is 24.0 Å². The largest absolute Gasteiger partial charge is 0.416 e. The molecule has 2 aromatic rings. The summed E-state index contributed by atoms with van der Waals surface area (Å²) in [6.45, 7) is 1.79. The van der Waals surface area contributed by atoms with Crippen LogP contribution in [0.2, 0.25) is 0 Å². The van der Waals surface area contributed by atoms with Crippen molar-refractivity contribution >= 4 is 33.2 Å². The van der Waals surface area contributed by atoms with Gasteiger partial charge >= 0.3 is 0 Å². The molecule has 7 nitrogen and oxygen atoms in total. The van der Waals surface area contributed by atoms with E-state index in [1.807, 2.05) is 6.07 Å². The van der Waals surface area contributed by atoms with Crippen LogP contribution in [-0.2, 0) is 33.9 Å². The molecule has 0 saturated carbocycles. The van der Waals surface area contributed by atoms with Gasteiger partial charge in [0.1, 0.15) is 0 Å². The van der Waals surface area contributed by atoms with Crippen LogP contribution in [0.5, 0.6) is 0 Å². The fourth-order valence-corrected chi connectivity index (χ4v) is 6.31. The minimum atomic E-state index is -2.92. The predicted molar refractivity (Wildman–Crippen MR) is 107 cm³/mol. The number of amides is 1. The SMILES string of the molecule is C[C@@H](Sc1nnc(C[C@@H]2CCS(=O)(=O)C2)o1)C(=O)Nc1ccc2c(c1)CCC2. The zero-order valence-corrected chi connectivity index (χ0v) is 17.3. The summed E-state index contributed by atoms with van der Waals surface area (Å²) in [6, 6.07) is 6.08. The summed E-state index contributed by atoms with van der Waals surface area (Å²) < 4.78 is 28.7. The second-order valence-electron chi connectivity index (χ2n) is 7.52. The van der Waals surface area contributed by atoms with Gasteiger partial charge in [-0.3, -0.25) is 4.79 Å². The molecular formula is C19H23N3O4S2. The lowest BCUT2D eigenvalue weighted by atomic mass is 10.1. The van der Waals surface area contributed by atoms with E-state index < -0.39 is 15.1 Å². The van der Waals surface area contributed by atoms with E-state index in [9.17, 15) is 13.2 Å². The summed E-state index contributed by atoms with van der Waals surface area (Å²) >= 11 is 1.20. The second kappa shape index (κ2) is 7.87. The third-order valence-corrected chi connectivity index (χ3v) is 8.02. The Labute approximate surface area is 168 Å². The summed E-state index contributed by atoms with van der Waals surface area (Å²) in [7, 11) is -2.92. The van der Waals surface area contributed by atoms with E-state index in [2.05, 4.69) is 27.6 Å². The standard InChI is InChI=1S/C19H23N3O4S2/c1-12(18(23)20-16-6-5-14-3-2-4-15(14)10-16)27-19-22-21-17(26-19)9-13-7-8-28(24,25)11-13/h5-6,10,12-13H,2-4,7-9,11H2,1H3,(H,20,23)/t12-,13+/m1/s1. The quantitative estimate of drug-likeness (QED) is 0.715. The zero-order chi connectivity index (χ0) is 19.7. The molecule has 0 spiro atoms. The average molecular weight is 422 g/mol. The van der Waals surface area contributed by atoms with Gasteiger partial charge in [-0.15, -0.1) is 10.2 Å². The van der Waals surface area contributed by atoms with Crippen molar-refractivity contribution in [1.82, 2.24) is 10.2 Å². The first-order chi connectivity index (χ1) is 13.4. The number of nitrogens with zero attached hydrogens (tertiary/aromatic N) is 2. The van der Waals surface area contributed by atoms with Crippen LogP contribution in [0.1, 0.15) is 36.8 Å². The van der Waals surface area contributed by atoms with Crippen molar-refractivity contribution in [1.29, 1.82) is 0 Å². The van der Waals surface area contributed by atoms with Gasteiger partial charge in [0.15, 0.2) is 9.84 Å². The first-order valence-electron chi connectivity index (χ1n) is 9.50. The Balaban J connectivity index is 1.31. The van der Waals surface area contributed by atoms with Crippen molar-refractivity contribution in [2.24, 2.45) is 5.92 Å². The third-order valence-electron chi connectivity index (χ3n) is 5.25. The topological polar surface area (TPSA) is 102 Å². The summed E-state index contributed by atoms with van der Waals surface area (Å²) in [5.74, 6) is 0.745. The Morgan fingerprint density at radius 1 is 1.32 bits per heavy atom.